The fourth-order valence-electron chi connectivity index (χ4n) is 2.18. The van der Waals surface area contributed by atoms with Gasteiger partial charge < -0.3 is 28.4 Å². The number of hydrogen-bond donors (Lipinski definition) is 0. The van der Waals surface area contributed by atoms with E-state index in [0.29, 0.717) is 72.7 Å². The van der Waals surface area contributed by atoms with Gasteiger partial charge in [-0.15, -0.1) is 0 Å². The fourth-order valence-corrected chi connectivity index (χ4v) is 2.18. The van der Waals surface area contributed by atoms with Crippen molar-refractivity contribution in [3.8, 4) is 0 Å². The highest BCUT2D eigenvalue weighted by Crippen LogP contribution is 2.03. The van der Waals surface area contributed by atoms with E-state index in [-0.39, 0.29) is 6.10 Å². The Morgan fingerprint density at radius 2 is 1.33 bits per heavy atom. The summed E-state index contributed by atoms with van der Waals surface area (Å²) in [5.41, 5.74) is 1.15. The highest BCUT2D eigenvalue weighted by molar-refractivity contribution is 5.13. The van der Waals surface area contributed by atoms with E-state index in [1.807, 2.05) is 30.3 Å². The van der Waals surface area contributed by atoms with Gasteiger partial charge in [-0.1, -0.05) is 30.3 Å². The Morgan fingerprint density at radius 3 is 2.00 bits per heavy atom. The van der Waals surface area contributed by atoms with Gasteiger partial charge >= 0.3 is 0 Å². The number of rotatable bonds is 4. The van der Waals surface area contributed by atoms with Crippen LogP contribution >= 0.6 is 0 Å². The Bertz CT molecular complexity index is 384. The first-order chi connectivity index (χ1) is 11.9. The molecular weight excluding hydrogens is 312 g/mol. The molecule has 1 aromatic rings. The maximum absolute atomic E-state index is 5.80. The Hall–Kier alpha value is -1.02. The van der Waals surface area contributed by atoms with Crippen LogP contribution in [0.5, 0.6) is 0 Å². The lowest BCUT2D eigenvalue weighted by atomic mass is 10.2. The van der Waals surface area contributed by atoms with Gasteiger partial charge in [-0.05, 0) is 5.56 Å². The van der Waals surface area contributed by atoms with Gasteiger partial charge in [0, 0.05) is 0 Å². The summed E-state index contributed by atoms with van der Waals surface area (Å²) in [5, 5.41) is 0. The summed E-state index contributed by atoms with van der Waals surface area (Å²) in [7, 11) is 0. The maximum Gasteiger partial charge on any atom is 0.104 e. The predicted molar refractivity (Wildman–Crippen MR) is 89.1 cm³/mol. The third-order valence-corrected chi connectivity index (χ3v) is 3.42. The molecule has 1 saturated heterocycles. The quantitative estimate of drug-likeness (QED) is 0.831. The lowest BCUT2D eigenvalue weighted by molar-refractivity contribution is -0.0801. The van der Waals surface area contributed by atoms with Crippen molar-refractivity contribution in [1.29, 1.82) is 0 Å². The summed E-state index contributed by atoms with van der Waals surface area (Å²) in [6.07, 6.45) is -0.112. The summed E-state index contributed by atoms with van der Waals surface area (Å²) >= 11 is 0. The Balaban J connectivity index is 1.68. The van der Waals surface area contributed by atoms with Crippen molar-refractivity contribution in [2.75, 3.05) is 66.1 Å². The van der Waals surface area contributed by atoms with Crippen LogP contribution in [0.2, 0.25) is 0 Å². The third kappa shape index (κ3) is 9.32. The average molecular weight is 340 g/mol. The summed E-state index contributed by atoms with van der Waals surface area (Å²) in [5.74, 6) is 0. The van der Waals surface area contributed by atoms with Crippen molar-refractivity contribution >= 4 is 0 Å². The van der Waals surface area contributed by atoms with Crippen LogP contribution in [0.4, 0.5) is 0 Å². The van der Waals surface area contributed by atoms with Crippen molar-refractivity contribution in [2.45, 2.75) is 12.7 Å². The largest absolute Gasteiger partial charge is 0.377 e. The van der Waals surface area contributed by atoms with Crippen LogP contribution in [0.3, 0.4) is 0 Å². The van der Waals surface area contributed by atoms with Crippen molar-refractivity contribution in [1.82, 2.24) is 0 Å². The number of ether oxygens (including phenoxy) is 6. The molecule has 6 heteroatoms. The van der Waals surface area contributed by atoms with Gasteiger partial charge in [0.1, 0.15) is 6.10 Å². The van der Waals surface area contributed by atoms with E-state index in [1.165, 1.54) is 0 Å². The van der Waals surface area contributed by atoms with E-state index in [9.17, 15) is 0 Å². The molecule has 0 unspecified atom stereocenters. The van der Waals surface area contributed by atoms with Crippen LogP contribution in [-0.4, -0.2) is 72.2 Å². The van der Waals surface area contributed by atoms with Gasteiger partial charge in [-0.25, -0.2) is 0 Å². The van der Waals surface area contributed by atoms with Gasteiger partial charge in [-0.3, -0.25) is 0 Å². The molecule has 2 rings (SSSR count). The van der Waals surface area contributed by atoms with Gasteiger partial charge in [0.2, 0.25) is 0 Å². The van der Waals surface area contributed by atoms with Gasteiger partial charge in [-0.2, -0.15) is 0 Å². The Labute approximate surface area is 143 Å². The molecule has 0 aliphatic carbocycles. The van der Waals surface area contributed by atoms with Crippen LogP contribution in [0.1, 0.15) is 5.56 Å². The number of benzene rings is 1. The molecule has 1 aliphatic rings. The van der Waals surface area contributed by atoms with Crippen molar-refractivity contribution in [3.05, 3.63) is 35.9 Å². The fraction of sp³-hybridized carbons (Fsp3) is 0.667. The SMILES string of the molecule is c1ccc(COC[C@H]2COCCOCCOCCOCCO2)cc1. The summed E-state index contributed by atoms with van der Waals surface area (Å²) in [6, 6.07) is 10.1. The zero-order valence-electron chi connectivity index (χ0n) is 14.2. The molecule has 0 amide bonds. The second-order valence-electron chi connectivity index (χ2n) is 5.41. The third-order valence-electron chi connectivity index (χ3n) is 3.42. The second-order valence-corrected chi connectivity index (χ2v) is 5.41. The number of hydrogen-bond acceptors (Lipinski definition) is 6. The molecule has 1 fully saturated rings. The molecule has 0 saturated carbocycles. The Morgan fingerprint density at radius 1 is 0.750 bits per heavy atom. The molecule has 0 bridgehead atoms. The van der Waals surface area contributed by atoms with E-state index in [1.54, 1.807) is 0 Å². The summed E-state index contributed by atoms with van der Waals surface area (Å²) in [6.45, 7) is 5.96. The molecule has 6 nitrogen and oxygen atoms in total. The summed E-state index contributed by atoms with van der Waals surface area (Å²) in [4.78, 5) is 0. The maximum atomic E-state index is 5.80. The van der Waals surface area contributed by atoms with E-state index >= 15 is 0 Å². The monoisotopic (exact) mass is 340 g/mol. The van der Waals surface area contributed by atoms with E-state index < -0.39 is 0 Å². The predicted octanol–water partition coefficient (Wildman–Crippen LogP) is 1.67. The second kappa shape index (κ2) is 13.3. The standard InChI is InChI=1S/C18H28O6/c1-2-4-17(5-3-1)14-23-16-18-15-22-11-10-20-7-6-19-8-9-21-12-13-24-18/h1-5,18H,6-16H2/t18-/m1/s1. The van der Waals surface area contributed by atoms with Gasteiger partial charge in [0.25, 0.3) is 0 Å². The molecule has 0 radical (unpaired) electrons. The smallest absolute Gasteiger partial charge is 0.104 e. The normalized spacial score (nSPS) is 22.4. The molecule has 1 aliphatic heterocycles. The Kier molecular flexibility index (Phi) is 10.7. The van der Waals surface area contributed by atoms with Gasteiger partial charge in [0.15, 0.2) is 0 Å². The minimum absolute atomic E-state index is 0.112. The molecule has 0 aromatic heterocycles. The zero-order chi connectivity index (χ0) is 16.7. The first-order valence-corrected chi connectivity index (χ1v) is 8.49. The molecule has 24 heavy (non-hydrogen) atoms. The molecule has 1 heterocycles. The van der Waals surface area contributed by atoms with E-state index in [0.717, 1.165) is 5.56 Å². The van der Waals surface area contributed by atoms with Crippen LogP contribution < -0.4 is 0 Å². The van der Waals surface area contributed by atoms with Crippen molar-refractivity contribution in [3.63, 3.8) is 0 Å². The van der Waals surface area contributed by atoms with Crippen LogP contribution in [0.25, 0.3) is 0 Å². The van der Waals surface area contributed by atoms with Crippen molar-refractivity contribution in [2.24, 2.45) is 0 Å². The van der Waals surface area contributed by atoms with Crippen LogP contribution in [-0.2, 0) is 35.0 Å². The molecule has 0 spiro atoms. The van der Waals surface area contributed by atoms with Crippen LogP contribution in [0, 0.1) is 0 Å². The molecular formula is C18H28O6. The first-order valence-electron chi connectivity index (χ1n) is 8.49. The molecule has 1 aromatic carbocycles. The van der Waals surface area contributed by atoms with Crippen molar-refractivity contribution < 1.29 is 28.4 Å². The van der Waals surface area contributed by atoms with Gasteiger partial charge in [0.05, 0.1) is 72.7 Å². The minimum Gasteiger partial charge on any atom is -0.377 e. The first kappa shape index (κ1) is 19.3. The zero-order valence-corrected chi connectivity index (χ0v) is 14.2. The molecule has 0 N–H and O–H groups in total. The molecule has 136 valence electrons. The summed E-state index contributed by atoms with van der Waals surface area (Å²) < 4.78 is 33.4. The average Bonchev–Trinajstić information content (AvgIpc) is 2.62. The lowest BCUT2D eigenvalue weighted by Gasteiger charge is -2.18. The minimum atomic E-state index is -0.112. The van der Waals surface area contributed by atoms with E-state index in [2.05, 4.69) is 0 Å². The van der Waals surface area contributed by atoms with Crippen LogP contribution in [0.15, 0.2) is 30.3 Å². The molecule has 1 atom stereocenters. The topological polar surface area (TPSA) is 55.4 Å². The highest BCUT2D eigenvalue weighted by atomic mass is 16.6. The highest BCUT2D eigenvalue weighted by Gasteiger charge is 2.10. The van der Waals surface area contributed by atoms with E-state index in [4.69, 9.17) is 28.4 Å². The lowest BCUT2D eigenvalue weighted by Crippen LogP contribution is -2.28.